The van der Waals surface area contributed by atoms with Crippen LogP contribution in [-0.2, 0) is 25.7 Å². The minimum absolute atomic E-state index is 0.0797. The zero-order chi connectivity index (χ0) is 22.0. The predicted molar refractivity (Wildman–Crippen MR) is 113 cm³/mol. The monoisotopic (exact) mass is 429 g/mol. The Morgan fingerprint density at radius 3 is 2.71 bits per heavy atom. The molecule has 3 heterocycles. The summed E-state index contributed by atoms with van der Waals surface area (Å²) in [5.41, 5.74) is -0.0174. The van der Waals surface area contributed by atoms with Gasteiger partial charge < -0.3 is 25.4 Å². The van der Waals surface area contributed by atoms with E-state index < -0.39 is 23.5 Å². The van der Waals surface area contributed by atoms with Gasteiger partial charge in [0.1, 0.15) is 11.6 Å². The van der Waals surface area contributed by atoms with E-state index in [1.807, 2.05) is 37.3 Å². The zero-order valence-corrected chi connectivity index (χ0v) is 17.9. The van der Waals surface area contributed by atoms with Crippen molar-refractivity contribution in [2.75, 3.05) is 19.7 Å². The average molecular weight is 430 g/mol. The van der Waals surface area contributed by atoms with E-state index in [0.717, 1.165) is 12.0 Å². The standard InChI is InChI=1S/C23H31N3O5/c1-2-11-24-20(28)17-16-9-10-23(31-16)18(17)22(30)26(12-6-13-27)19(23)21(29)25-14-15-7-4-3-5-8-15/h3-5,7-8,16-19,27H,2,6,9-14H2,1H3,(H,24,28)(H,25,29)/t16-,17+,18+,19?,23?/m1/s1. The first-order valence-corrected chi connectivity index (χ1v) is 11.2. The molecule has 5 atom stereocenters. The molecule has 3 saturated heterocycles. The van der Waals surface area contributed by atoms with E-state index in [9.17, 15) is 19.5 Å². The van der Waals surface area contributed by atoms with Gasteiger partial charge in [0.15, 0.2) is 0 Å². The summed E-state index contributed by atoms with van der Waals surface area (Å²) in [5, 5.41) is 15.2. The van der Waals surface area contributed by atoms with E-state index in [2.05, 4.69) is 10.6 Å². The first-order valence-electron chi connectivity index (χ1n) is 11.2. The summed E-state index contributed by atoms with van der Waals surface area (Å²) in [6.07, 6.45) is 2.07. The van der Waals surface area contributed by atoms with Gasteiger partial charge in [-0.15, -0.1) is 0 Å². The molecule has 0 aromatic heterocycles. The molecule has 8 heteroatoms. The summed E-state index contributed by atoms with van der Waals surface area (Å²) in [5.74, 6) is -1.88. The van der Waals surface area contributed by atoms with Crippen molar-refractivity contribution in [3.05, 3.63) is 35.9 Å². The van der Waals surface area contributed by atoms with E-state index in [0.29, 0.717) is 32.4 Å². The van der Waals surface area contributed by atoms with Gasteiger partial charge in [0, 0.05) is 26.2 Å². The molecule has 3 amide bonds. The van der Waals surface area contributed by atoms with E-state index in [-0.39, 0.29) is 37.0 Å². The van der Waals surface area contributed by atoms with Gasteiger partial charge in [-0.25, -0.2) is 0 Å². The van der Waals surface area contributed by atoms with Crippen molar-refractivity contribution in [3.8, 4) is 0 Å². The highest BCUT2D eigenvalue weighted by Crippen LogP contribution is 2.58. The molecule has 2 unspecified atom stereocenters. The van der Waals surface area contributed by atoms with Crippen molar-refractivity contribution in [2.45, 2.75) is 56.9 Å². The van der Waals surface area contributed by atoms with Crippen LogP contribution in [0.15, 0.2) is 30.3 Å². The van der Waals surface area contributed by atoms with E-state index in [1.165, 1.54) is 4.90 Å². The van der Waals surface area contributed by atoms with E-state index in [1.54, 1.807) is 0 Å². The fourth-order valence-corrected chi connectivity index (χ4v) is 5.48. The Labute approximate surface area is 182 Å². The molecule has 0 radical (unpaired) electrons. The number of carbonyl (C=O) groups excluding carboxylic acids is 3. The van der Waals surface area contributed by atoms with Crippen molar-refractivity contribution in [1.29, 1.82) is 0 Å². The van der Waals surface area contributed by atoms with E-state index in [4.69, 9.17) is 4.74 Å². The number of likely N-dealkylation sites (tertiary alicyclic amines) is 1. The highest BCUT2D eigenvalue weighted by Gasteiger charge is 2.74. The molecule has 3 aliphatic heterocycles. The Hall–Kier alpha value is -2.45. The minimum Gasteiger partial charge on any atom is -0.396 e. The number of aliphatic hydroxyl groups excluding tert-OH is 1. The smallest absolute Gasteiger partial charge is 0.246 e. The van der Waals surface area contributed by atoms with Gasteiger partial charge in [-0.05, 0) is 31.2 Å². The van der Waals surface area contributed by atoms with Crippen molar-refractivity contribution >= 4 is 17.7 Å². The van der Waals surface area contributed by atoms with Gasteiger partial charge in [-0.2, -0.15) is 0 Å². The molecule has 3 fully saturated rings. The maximum atomic E-state index is 13.5. The van der Waals surface area contributed by atoms with Crippen molar-refractivity contribution in [2.24, 2.45) is 11.8 Å². The molecular formula is C23H31N3O5. The van der Waals surface area contributed by atoms with Crippen LogP contribution in [0.2, 0.25) is 0 Å². The summed E-state index contributed by atoms with van der Waals surface area (Å²) >= 11 is 0. The van der Waals surface area contributed by atoms with Crippen LogP contribution in [0, 0.1) is 11.8 Å². The van der Waals surface area contributed by atoms with Gasteiger partial charge >= 0.3 is 0 Å². The summed E-state index contributed by atoms with van der Waals surface area (Å²) in [4.78, 5) is 41.2. The molecule has 2 bridgehead atoms. The molecule has 3 aliphatic rings. The number of carbonyl (C=O) groups is 3. The molecule has 0 aliphatic carbocycles. The molecule has 0 saturated carbocycles. The summed E-state index contributed by atoms with van der Waals surface area (Å²) < 4.78 is 6.32. The quantitative estimate of drug-likeness (QED) is 0.532. The van der Waals surface area contributed by atoms with Gasteiger partial charge in [0.05, 0.1) is 17.9 Å². The Balaban J connectivity index is 1.59. The normalized spacial score (nSPS) is 31.0. The highest BCUT2D eigenvalue weighted by atomic mass is 16.5. The lowest BCUT2D eigenvalue weighted by Crippen LogP contribution is -2.55. The zero-order valence-electron chi connectivity index (χ0n) is 17.9. The third kappa shape index (κ3) is 3.72. The molecular weight excluding hydrogens is 398 g/mol. The summed E-state index contributed by atoms with van der Waals surface area (Å²) in [6, 6.07) is 8.78. The number of ether oxygens (including phenoxy) is 1. The number of benzene rings is 1. The van der Waals surface area contributed by atoms with Crippen LogP contribution in [0.1, 0.15) is 38.2 Å². The molecule has 1 aromatic rings. The van der Waals surface area contributed by atoms with Gasteiger partial charge in [0.2, 0.25) is 17.7 Å². The lowest BCUT2D eigenvalue weighted by molar-refractivity contribution is -0.142. The summed E-state index contributed by atoms with van der Waals surface area (Å²) in [6.45, 7) is 3.05. The fraction of sp³-hybridized carbons (Fsp3) is 0.609. The first-order chi connectivity index (χ1) is 15.0. The van der Waals surface area contributed by atoms with Crippen molar-refractivity contribution < 1.29 is 24.2 Å². The number of nitrogens with zero attached hydrogens (tertiary/aromatic N) is 1. The van der Waals surface area contributed by atoms with Gasteiger partial charge in [-0.3, -0.25) is 14.4 Å². The molecule has 8 nitrogen and oxygen atoms in total. The number of rotatable bonds is 9. The van der Waals surface area contributed by atoms with Crippen LogP contribution < -0.4 is 10.6 Å². The molecule has 3 N–H and O–H groups in total. The van der Waals surface area contributed by atoms with Gasteiger partial charge in [-0.1, -0.05) is 37.3 Å². The van der Waals surface area contributed by atoms with Gasteiger partial charge in [0.25, 0.3) is 0 Å². The Bertz CT molecular complexity index is 832. The number of nitrogens with one attached hydrogen (secondary N) is 2. The lowest BCUT2D eigenvalue weighted by atomic mass is 9.70. The minimum atomic E-state index is -0.980. The molecule has 1 spiro atoms. The second-order valence-corrected chi connectivity index (χ2v) is 8.66. The predicted octanol–water partition coefficient (Wildman–Crippen LogP) is 0.586. The maximum absolute atomic E-state index is 13.5. The third-order valence-corrected chi connectivity index (χ3v) is 6.77. The maximum Gasteiger partial charge on any atom is 0.246 e. The largest absolute Gasteiger partial charge is 0.396 e. The summed E-state index contributed by atoms with van der Waals surface area (Å²) in [7, 11) is 0. The number of hydrogen-bond donors (Lipinski definition) is 3. The van der Waals surface area contributed by atoms with Crippen LogP contribution >= 0.6 is 0 Å². The topological polar surface area (TPSA) is 108 Å². The average Bonchev–Trinajstić information content (AvgIpc) is 3.42. The van der Waals surface area contributed by atoms with Crippen LogP contribution in [-0.4, -0.2) is 65.2 Å². The number of amides is 3. The number of fused-ring (bicyclic) bond motifs is 1. The number of hydrogen-bond acceptors (Lipinski definition) is 5. The van der Waals surface area contributed by atoms with Crippen LogP contribution in [0.4, 0.5) is 0 Å². The van der Waals surface area contributed by atoms with Crippen molar-refractivity contribution in [3.63, 3.8) is 0 Å². The first kappa shape index (κ1) is 21.8. The highest BCUT2D eigenvalue weighted by molar-refractivity contribution is 5.98. The Morgan fingerprint density at radius 2 is 2.00 bits per heavy atom. The number of aliphatic hydroxyl groups is 1. The van der Waals surface area contributed by atoms with E-state index >= 15 is 0 Å². The third-order valence-electron chi connectivity index (χ3n) is 6.77. The second kappa shape index (κ2) is 8.96. The molecule has 31 heavy (non-hydrogen) atoms. The van der Waals surface area contributed by atoms with Crippen LogP contribution in [0.5, 0.6) is 0 Å². The van der Waals surface area contributed by atoms with Crippen LogP contribution in [0.3, 0.4) is 0 Å². The van der Waals surface area contributed by atoms with Crippen LogP contribution in [0.25, 0.3) is 0 Å². The Kier molecular flexibility index (Phi) is 6.29. The second-order valence-electron chi connectivity index (χ2n) is 8.66. The molecule has 1 aromatic carbocycles. The molecule has 168 valence electrons. The Morgan fingerprint density at radius 1 is 1.23 bits per heavy atom. The van der Waals surface area contributed by atoms with Crippen molar-refractivity contribution in [1.82, 2.24) is 15.5 Å². The SMILES string of the molecule is CCCNC(=O)[C@@H]1[C@H]2C(=O)N(CCCO)C(C(=O)NCc3ccccc3)C23CC[C@H]1O3. The molecule has 4 rings (SSSR count). The lowest BCUT2D eigenvalue weighted by Gasteiger charge is -2.33. The fourth-order valence-electron chi connectivity index (χ4n) is 5.48.